The van der Waals surface area contributed by atoms with Gasteiger partial charge >= 0.3 is 0 Å². The Hall–Kier alpha value is -6.01. The van der Waals surface area contributed by atoms with Gasteiger partial charge in [0.2, 0.25) is 11.4 Å². The fourth-order valence-electron chi connectivity index (χ4n) is 10.4. The average molecular weight is 858 g/mol. The van der Waals surface area contributed by atoms with Crippen LogP contribution in [0.3, 0.4) is 0 Å². The molecule has 0 amide bonds. The van der Waals surface area contributed by atoms with Crippen molar-refractivity contribution in [1.29, 1.82) is 0 Å². The molecule has 2 aromatic heterocycles. The zero-order chi connectivity index (χ0) is 46.0. The monoisotopic (exact) mass is 858 g/mol. The maximum absolute atomic E-state index is 7.23. The fourth-order valence-corrected chi connectivity index (χ4v) is 10.4. The van der Waals surface area contributed by atoms with E-state index >= 15 is 0 Å². The van der Waals surface area contributed by atoms with Gasteiger partial charge in [0.05, 0.1) is 11.0 Å². The van der Waals surface area contributed by atoms with Gasteiger partial charge in [-0.25, -0.2) is 4.98 Å². The molecule has 0 spiro atoms. The molecule has 1 saturated heterocycles. The molecule has 1 fully saturated rings. The van der Waals surface area contributed by atoms with Crippen LogP contribution in [0.5, 0.6) is 11.5 Å². The van der Waals surface area contributed by atoms with Gasteiger partial charge in [-0.1, -0.05) is 145 Å². The molecule has 4 heterocycles. The first-order chi connectivity index (χ1) is 30.7. The highest BCUT2D eigenvalue weighted by Gasteiger charge is 2.78. The van der Waals surface area contributed by atoms with Gasteiger partial charge in [0.1, 0.15) is 17.3 Å². The van der Waals surface area contributed by atoms with Crippen molar-refractivity contribution in [3.8, 4) is 28.4 Å². The van der Waals surface area contributed by atoms with Crippen LogP contribution in [0.25, 0.3) is 38.8 Å². The molecule has 0 aliphatic carbocycles. The van der Waals surface area contributed by atoms with E-state index in [0.717, 1.165) is 28.4 Å². The lowest BCUT2D eigenvalue weighted by atomic mass is 9.84. The number of hydrogen-bond donors (Lipinski definition) is 0. The molecule has 5 heteroatoms. The molecule has 10 rings (SSSR count). The molecule has 65 heavy (non-hydrogen) atoms. The Morgan fingerprint density at radius 1 is 0.508 bits per heavy atom. The van der Waals surface area contributed by atoms with Crippen LogP contribution in [0.2, 0.25) is 0 Å². The summed E-state index contributed by atoms with van der Waals surface area (Å²) in [7, 11) is 0. The number of benzene rings is 6. The van der Waals surface area contributed by atoms with Gasteiger partial charge in [0.15, 0.2) is 18.0 Å². The minimum absolute atomic E-state index is 0.00788. The Morgan fingerprint density at radius 2 is 1.14 bits per heavy atom. The van der Waals surface area contributed by atoms with Gasteiger partial charge in [-0.2, -0.15) is 9.18 Å². The normalized spacial score (nSPS) is 18.3. The van der Waals surface area contributed by atoms with E-state index in [9.17, 15) is 0 Å². The largest absolute Gasteiger partial charge is 0.457 e. The van der Waals surface area contributed by atoms with Crippen molar-refractivity contribution in [2.24, 2.45) is 0 Å². The Balaban J connectivity index is 1.19. The zero-order valence-electron chi connectivity index (χ0n) is 40.7. The van der Waals surface area contributed by atoms with Crippen LogP contribution < -0.4 is 13.9 Å². The van der Waals surface area contributed by atoms with Crippen molar-refractivity contribution in [2.45, 2.75) is 118 Å². The maximum Gasteiger partial charge on any atom is 0.225 e. The molecule has 2 aliphatic heterocycles. The van der Waals surface area contributed by atoms with Gasteiger partial charge < -0.3 is 4.74 Å². The molecular weight excluding hydrogens is 793 g/mol. The Labute approximate surface area is 387 Å². The topological polar surface area (TPSA) is 27.1 Å². The van der Waals surface area contributed by atoms with Gasteiger partial charge in [-0.15, -0.1) is 0 Å². The number of nitrogens with zero attached hydrogens (tertiary/aromatic N) is 4. The molecule has 6 aromatic carbocycles. The second-order valence-corrected chi connectivity index (χ2v) is 22.4. The second-order valence-electron chi connectivity index (χ2n) is 22.4. The Bertz CT molecular complexity index is 3160. The number of quaternary nitrogens is 2. The van der Waals surface area contributed by atoms with Crippen molar-refractivity contribution in [1.82, 2.24) is 18.7 Å². The summed E-state index contributed by atoms with van der Waals surface area (Å²) in [5.74, 6) is 3.17. The summed E-state index contributed by atoms with van der Waals surface area (Å²) in [5.41, 5.74) is 16.4. The summed E-state index contributed by atoms with van der Waals surface area (Å²) in [6.07, 6.45) is 1.94. The van der Waals surface area contributed by atoms with Crippen LogP contribution in [0.1, 0.15) is 130 Å². The molecule has 8 aromatic rings. The number of ether oxygens (including phenoxy) is 1. The first-order valence-electron chi connectivity index (χ1n) is 23.6. The summed E-state index contributed by atoms with van der Waals surface area (Å²) in [4.78, 5) is 4.96. The van der Waals surface area contributed by atoms with Crippen LogP contribution in [-0.2, 0) is 16.2 Å². The molecule has 5 nitrogen and oxygen atoms in total. The van der Waals surface area contributed by atoms with Crippen LogP contribution in [0, 0.1) is 6.67 Å². The predicted octanol–water partition coefficient (Wildman–Crippen LogP) is 17.1. The summed E-state index contributed by atoms with van der Waals surface area (Å²) < 4.78 is 10.7. The first-order valence-corrected chi connectivity index (χ1v) is 23.6. The third-order valence-corrected chi connectivity index (χ3v) is 14.1. The van der Waals surface area contributed by atoms with Crippen molar-refractivity contribution in [3.63, 3.8) is 0 Å². The minimum Gasteiger partial charge on any atom is -0.457 e. The fraction of sp³-hybridized carbons (Fsp3) is 0.300. The van der Waals surface area contributed by atoms with E-state index in [1.165, 1.54) is 72.5 Å². The molecular formula is C60H65N4O+. The number of para-hydroxylation sites is 1. The van der Waals surface area contributed by atoms with E-state index in [1.54, 1.807) is 0 Å². The highest BCUT2D eigenvalue weighted by atomic mass is 16.5. The van der Waals surface area contributed by atoms with E-state index in [4.69, 9.17) is 9.72 Å². The average Bonchev–Trinajstić information content (AvgIpc) is 3.75. The number of hydrogen-bond acceptors (Lipinski definition) is 2. The SMILES string of the molecule is CC(C)c1cccc(C(C)C)c1-c1cc(Oc2ccc3c4ccccc4n(-c4cc(C(C)(C)C)ccn4)c3c2)cc([N+]23[CH-][N@+]2(c2cccc(C(C)(C)C)c2)c2cc(C(C)(C)C)ccc23)c1. The van der Waals surface area contributed by atoms with Gasteiger partial charge in [0.25, 0.3) is 0 Å². The molecule has 330 valence electrons. The Morgan fingerprint density at radius 3 is 1.83 bits per heavy atom. The molecule has 0 N–H and O–H groups in total. The van der Waals surface area contributed by atoms with Crippen molar-refractivity contribution in [2.75, 3.05) is 0 Å². The van der Waals surface area contributed by atoms with Gasteiger partial charge in [0, 0.05) is 59.4 Å². The molecule has 2 aliphatic rings. The van der Waals surface area contributed by atoms with E-state index in [-0.39, 0.29) is 16.2 Å². The lowest BCUT2D eigenvalue weighted by Crippen LogP contribution is -2.46. The van der Waals surface area contributed by atoms with Gasteiger partial charge in [-0.3, -0.25) is 4.57 Å². The second kappa shape index (κ2) is 14.8. The minimum atomic E-state index is -0.0183. The number of rotatable bonds is 8. The summed E-state index contributed by atoms with van der Waals surface area (Å²) in [6, 6.07) is 50.0. The smallest absolute Gasteiger partial charge is 0.225 e. The van der Waals surface area contributed by atoms with Crippen molar-refractivity contribution in [3.05, 3.63) is 174 Å². The lowest BCUT2D eigenvalue weighted by Gasteiger charge is -2.41. The quantitative estimate of drug-likeness (QED) is 0.0865. The van der Waals surface area contributed by atoms with Crippen LogP contribution in [0.15, 0.2) is 140 Å². The number of fused-ring (bicyclic) bond motifs is 7. The third kappa shape index (κ3) is 6.76. The first kappa shape index (κ1) is 42.9. The van der Waals surface area contributed by atoms with Crippen molar-refractivity contribution >= 4 is 44.6 Å². The van der Waals surface area contributed by atoms with Crippen LogP contribution in [-0.4, -0.2) is 9.55 Å². The zero-order valence-corrected chi connectivity index (χ0v) is 40.7. The highest BCUT2D eigenvalue weighted by molar-refractivity contribution is 6.09. The van der Waals surface area contributed by atoms with Crippen LogP contribution >= 0.6 is 0 Å². The molecule has 0 bridgehead atoms. The summed E-state index contributed by atoms with van der Waals surface area (Å²) >= 11 is 0. The lowest BCUT2D eigenvalue weighted by molar-refractivity contribution is 0.421. The highest BCUT2D eigenvalue weighted by Crippen LogP contribution is 2.76. The maximum atomic E-state index is 7.23. The van der Waals surface area contributed by atoms with E-state index in [1.807, 2.05) is 6.20 Å². The van der Waals surface area contributed by atoms with E-state index in [0.29, 0.717) is 21.0 Å². The van der Waals surface area contributed by atoms with Crippen molar-refractivity contribution < 1.29 is 4.74 Å². The summed E-state index contributed by atoms with van der Waals surface area (Å²) in [6.45, 7) is 32.4. The van der Waals surface area contributed by atoms with Crippen LogP contribution in [0.4, 0.5) is 22.7 Å². The van der Waals surface area contributed by atoms with Gasteiger partial charge in [-0.05, 0) is 103 Å². The number of aromatic nitrogens is 2. The summed E-state index contributed by atoms with van der Waals surface area (Å²) in [5, 5.41) is 2.36. The van der Waals surface area contributed by atoms with E-state index < -0.39 is 0 Å². The standard InChI is InChI=1S/C60H65N4O/c1-38(2)48-21-17-22-49(39(3)4)57(48)40-30-45(64-37-63(64,44-19-16-18-41(32-44)58(5,6)7)55-33-42(59(8,9)10)24-27-54(55)64)35-47(31-40)65-46-25-26-51-50-20-14-15-23-52(50)62(53(51)36-46)56-34-43(28-29-61-56)60(11,12)13/h14-39H,1-13H3/q+1/t63-,64?/m0/s1. The number of pyridine rings is 1. The molecule has 0 radical (unpaired) electrons. The molecule has 1 unspecified atom stereocenters. The van der Waals surface area contributed by atoms with E-state index in [2.05, 4.69) is 235 Å². The Kier molecular flexibility index (Phi) is 9.74. The predicted molar refractivity (Wildman–Crippen MR) is 275 cm³/mol. The molecule has 0 saturated carbocycles. The third-order valence-electron chi connectivity index (χ3n) is 14.1. The molecule has 2 atom stereocenters.